The molecular formula is C28H28N6O2. The van der Waals surface area contributed by atoms with E-state index in [0.29, 0.717) is 0 Å². The molecule has 0 saturated carbocycles. The van der Waals surface area contributed by atoms with E-state index >= 15 is 0 Å². The van der Waals surface area contributed by atoms with Crippen molar-refractivity contribution in [3.05, 3.63) is 59.2 Å². The maximum absolute atomic E-state index is 12.0. The molecule has 2 amide bonds. The van der Waals surface area contributed by atoms with Gasteiger partial charge in [0.1, 0.15) is 11.6 Å². The first-order valence-electron chi connectivity index (χ1n) is 12.5. The highest BCUT2D eigenvalue weighted by Gasteiger charge is 2.31. The molecule has 4 aromatic rings. The van der Waals surface area contributed by atoms with Gasteiger partial charge in [0.05, 0.1) is 34.2 Å². The predicted molar refractivity (Wildman–Crippen MR) is 137 cm³/mol. The van der Waals surface area contributed by atoms with Crippen LogP contribution in [-0.2, 0) is 9.59 Å². The third-order valence-electron chi connectivity index (χ3n) is 7.30. The number of imidazole rings is 2. The van der Waals surface area contributed by atoms with E-state index in [1.165, 1.54) is 0 Å². The largest absolute Gasteiger partial charge is 0.340 e. The van der Waals surface area contributed by atoms with Gasteiger partial charge in [0.15, 0.2) is 0 Å². The molecule has 2 aliphatic rings. The van der Waals surface area contributed by atoms with Gasteiger partial charge in [0.25, 0.3) is 0 Å². The summed E-state index contributed by atoms with van der Waals surface area (Å²) in [5.41, 5.74) is 5.38. The standard InChI is InChI=1S/C28H28N6O2/c1-17(35)33-13-3-5-25(33)27-29-21-11-9-19(15-23(21)31-27)7-8-20-10-12-22-24(16-20)32-28(30-22)26-6-4-14-34(26)18(2)36/h9-12,15-16,25-26H,3-6,13-14H2,1-2H3,(H,29,31)(H,30,32)/t25-,26?/m0/s1. The molecule has 0 aliphatic carbocycles. The Kier molecular flexibility index (Phi) is 5.48. The minimum absolute atomic E-state index is 0.0159. The fraction of sp³-hybridized carbons (Fsp3) is 0.357. The molecule has 2 aliphatic heterocycles. The van der Waals surface area contributed by atoms with Crippen molar-refractivity contribution in [3.8, 4) is 11.8 Å². The fourth-order valence-electron chi connectivity index (χ4n) is 5.53. The average molecular weight is 481 g/mol. The maximum Gasteiger partial charge on any atom is 0.220 e. The van der Waals surface area contributed by atoms with Crippen LogP contribution in [0, 0.1) is 11.8 Å². The number of hydrogen-bond acceptors (Lipinski definition) is 4. The summed E-state index contributed by atoms with van der Waals surface area (Å²) in [6, 6.07) is 11.9. The third-order valence-corrected chi connectivity index (χ3v) is 7.30. The Bertz CT molecular complexity index is 1440. The van der Waals surface area contributed by atoms with Gasteiger partial charge < -0.3 is 19.8 Å². The molecule has 182 valence electrons. The summed E-state index contributed by atoms with van der Waals surface area (Å²) in [6.45, 7) is 4.80. The lowest BCUT2D eigenvalue weighted by Crippen LogP contribution is -2.28. The molecule has 2 aromatic heterocycles. The van der Waals surface area contributed by atoms with Crippen molar-refractivity contribution < 1.29 is 9.59 Å². The van der Waals surface area contributed by atoms with Crippen LogP contribution in [0.2, 0.25) is 0 Å². The maximum atomic E-state index is 12.0. The summed E-state index contributed by atoms with van der Waals surface area (Å²) in [5, 5.41) is 0. The molecule has 8 heteroatoms. The Morgan fingerprint density at radius 3 is 1.64 bits per heavy atom. The molecule has 2 atom stereocenters. The lowest BCUT2D eigenvalue weighted by Gasteiger charge is -2.21. The molecule has 4 heterocycles. The molecule has 8 nitrogen and oxygen atoms in total. The number of benzene rings is 2. The number of nitrogens with zero attached hydrogens (tertiary/aromatic N) is 4. The number of rotatable bonds is 2. The summed E-state index contributed by atoms with van der Waals surface area (Å²) in [5.74, 6) is 8.38. The van der Waals surface area contributed by atoms with Crippen LogP contribution in [0.1, 0.15) is 74.4 Å². The normalized spacial score (nSPS) is 19.7. The number of aromatic nitrogens is 4. The molecular weight excluding hydrogens is 452 g/mol. The number of H-pyrrole nitrogens is 2. The van der Waals surface area contributed by atoms with Crippen molar-refractivity contribution in [2.75, 3.05) is 13.1 Å². The lowest BCUT2D eigenvalue weighted by molar-refractivity contribution is -0.130. The first-order chi connectivity index (χ1) is 17.5. The van der Waals surface area contributed by atoms with E-state index in [1.54, 1.807) is 13.8 Å². The topological polar surface area (TPSA) is 98.0 Å². The van der Waals surface area contributed by atoms with E-state index in [9.17, 15) is 9.59 Å². The molecule has 2 saturated heterocycles. The van der Waals surface area contributed by atoms with Crippen LogP contribution in [0.5, 0.6) is 0 Å². The Hall–Kier alpha value is -4.12. The monoisotopic (exact) mass is 480 g/mol. The fourth-order valence-corrected chi connectivity index (χ4v) is 5.53. The van der Waals surface area contributed by atoms with Crippen LogP contribution < -0.4 is 0 Å². The van der Waals surface area contributed by atoms with Gasteiger partial charge >= 0.3 is 0 Å². The first-order valence-corrected chi connectivity index (χ1v) is 12.5. The number of hydrogen-bond donors (Lipinski definition) is 2. The van der Waals surface area contributed by atoms with E-state index in [1.807, 2.05) is 46.2 Å². The van der Waals surface area contributed by atoms with Gasteiger partial charge in [0.2, 0.25) is 11.8 Å². The van der Waals surface area contributed by atoms with Crippen LogP contribution in [-0.4, -0.2) is 54.6 Å². The van der Waals surface area contributed by atoms with Crippen LogP contribution in [0.25, 0.3) is 22.1 Å². The quantitative estimate of drug-likeness (QED) is 0.420. The van der Waals surface area contributed by atoms with Gasteiger partial charge in [-0.2, -0.15) is 0 Å². The first kappa shape index (κ1) is 22.4. The van der Waals surface area contributed by atoms with Gasteiger partial charge in [-0.3, -0.25) is 9.59 Å². The third kappa shape index (κ3) is 4.01. The lowest BCUT2D eigenvalue weighted by atomic mass is 10.1. The second-order valence-electron chi connectivity index (χ2n) is 9.70. The molecule has 36 heavy (non-hydrogen) atoms. The second kappa shape index (κ2) is 8.83. The summed E-state index contributed by atoms with van der Waals surface area (Å²) in [7, 11) is 0. The van der Waals surface area contributed by atoms with Gasteiger partial charge in [-0.15, -0.1) is 0 Å². The van der Waals surface area contributed by atoms with Crippen LogP contribution in [0.3, 0.4) is 0 Å². The van der Waals surface area contributed by atoms with Crippen LogP contribution >= 0.6 is 0 Å². The highest BCUT2D eigenvalue weighted by molar-refractivity contribution is 5.79. The Morgan fingerprint density at radius 2 is 1.22 bits per heavy atom. The predicted octanol–water partition coefficient (Wildman–Crippen LogP) is 4.21. The SMILES string of the molecule is CC(=O)N1CCCC1c1nc2ccc(C#Cc3ccc4nc([C@@H]5CCCN5C(C)=O)[nH]c4c3)cc2[nH]1. The number of aromatic amines is 2. The number of amides is 2. The summed E-state index contributed by atoms with van der Waals surface area (Å²) >= 11 is 0. The van der Waals surface area contributed by atoms with Crippen molar-refractivity contribution >= 4 is 33.9 Å². The smallest absolute Gasteiger partial charge is 0.220 e. The average Bonchev–Trinajstić information content (AvgIpc) is 3.65. The zero-order valence-corrected chi connectivity index (χ0v) is 20.5. The zero-order valence-electron chi connectivity index (χ0n) is 20.5. The molecule has 2 fully saturated rings. The van der Waals surface area contributed by atoms with Crippen molar-refractivity contribution in [2.24, 2.45) is 0 Å². The molecule has 0 radical (unpaired) electrons. The molecule has 0 spiro atoms. The molecule has 2 aromatic carbocycles. The van der Waals surface area contributed by atoms with Crippen molar-refractivity contribution in [3.63, 3.8) is 0 Å². The second-order valence-corrected chi connectivity index (χ2v) is 9.70. The zero-order chi connectivity index (χ0) is 24.8. The summed E-state index contributed by atoms with van der Waals surface area (Å²) in [6.07, 6.45) is 3.85. The molecule has 2 N–H and O–H groups in total. The highest BCUT2D eigenvalue weighted by Crippen LogP contribution is 2.32. The van der Waals surface area contributed by atoms with E-state index in [4.69, 9.17) is 9.97 Å². The molecule has 1 unspecified atom stereocenters. The van der Waals surface area contributed by atoms with Gasteiger partial charge in [0, 0.05) is 38.1 Å². The van der Waals surface area contributed by atoms with Gasteiger partial charge in [-0.1, -0.05) is 11.8 Å². The van der Waals surface area contributed by atoms with Crippen LogP contribution in [0.15, 0.2) is 36.4 Å². The highest BCUT2D eigenvalue weighted by atomic mass is 16.2. The van der Waals surface area contributed by atoms with Crippen molar-refractivity contribution in [1.82, 2.24) is 29.7 Å². The summed E-state index contributed by atoms with van der Waals surface area (Å²) in [4.78, 5) is 44.0. The Balaban J connectivity index is 1.24. The number of fused-ring (bicyclic) bond motifs is 2. The number of carbonyl (C=O) groups excluding carboxylic acids is 2. The van der Waals surface area contributed by atoms with E-state index in [-0.39, 0.29) is 23.9 Å². The van der Waals surface area contributed by atoms with E-state index in [2.05, 4.69) is 21.8 Å². The van der Waals surface area contributed by atoms with E-state index in [0.717, 1.165) is 83.6 Å². The number of likely N-dealkylation sites (tertiary alicyclic amines) is 2. The Labute approximate surface area is 209 Å². The Morgan fingerprint density at radius 1 is 0.778 bits per heavy atom. The molecule has 6 rings (SSSR count). The minimum Gasteiger partial charge on any atom is -0.340 e. The number of carbonyl (C=O) groups is 2. The molecule has 0 bridgehead atoms. The summed E-state index contributed by atoms with van der Waals surface area (Å²) < 4.78 is 0. The van der Waals surface area contributed by atoms with Crippen LogP contribution in [0.4, 0.5) is 0 Å². The minimum atomic E-state index is 0.0159. The van der Waals surface area contributed by atoms with Crippen molar-refractivity contribution in [1.29, 1.82) is 0 Å². The van der Waals surface area contributed by atoms with Gasteiger partial charge in [-0.25, -0.2) is 9.97 Å². The van der Waals surface area contributed by atoms with Gasteiger partial charge in [-0.05, 0) is 62.1 Å². The van der Waals surface area contributed by atoms with Crippen molar-refractivity contribution in [2.45, 2.75) is 51.6 Å². The van der Waals surface area contributed by atoms with E-state index < -0.39 is 0 Å². The number of nitrogens with one attached hydrogen (secondary N) is 2.